The highest BCUT2D eigenvalue weighted by Crippen LogP contribution is 2.31. The summed E-state index contributed by atoms with van der Waals surface area (Å²) < 4.78 is 97.6. The lowest BCUT2D eigenvalue weighted by atomic mass is 10.0. The lowest BCUT2D eigenvalue weighted by Crippen LogP contribution is -2.40. The van der Waals surface area contributed by atoms with E-state index in [1.54, 1.807) is 29.2 Å². The number of alkyl halides is 3. The molecule has 0 radical (unpaired) electrons. The molecule has 5 aromatic rings. The maximum Gasteiger partial charge on any atom is 0.416 e. The van der Waals surface area contributed by atoms with E-state index in [0.29, 0.717) is 23.7 Å². The van der Waals surface area contributed by atoms with E-state index in [4.69, 9.17) is 20.4 Å². The van der Waals surface area contributed by atoms with Crippen molar-refractivity contribution in [2.24, 2.45) is 0 Å². The van der Waals surface area contributed by atoms with Crippen molar-refractivity contribution in [3.8, 4) is 11.1 Å². The summed E-state index contributed by atoms with van der Waals surface area (Å²) in [4.78, 5) is 54.4. The maximum absolute atomic E-state index is 14.6. The van der Waals surface area contributed by atoms with E-state index in [-0.39, 0.29) is 48.2 Å². The Morgan fingerprint density at radius 2 is 1.31 bits per heavy atom. The van der Waals surface area contributed by atoms with Crippen molar-refractivity contribution in [1.82, 2.24) is 19.4 Å². The molecular weight excluding hydrogens is 821 g/mol. The SMILES string of the molecule is CCN(CC)CCN(Cc1ccc(-c2ccc(C(F)(F)F)cc2)cc1)C(=O)Cn1c(CCc2cccc(F)c2F)nc(=O)c2cc(F)c(F)cc21.O=C(O)[C@H](O)[C@@H](O)C(=O)O. The van der Waals surface area contributed by atoms with E-state index in [9.17, 15) is 49.9 Å². The van der Waals surface area contributed by atoms with Gasteiger partial charge in [0.25, 0.3) is 5.56 Å². The summed E-state index contributed by atoms with van der Waals surface area (Å²) in [5.74, 6) is -8.62. The van der Waals surface area contributed by atoms with Crippen LogP contribution in [0.3, 0.4) is 0 Å². The second-order valence-electron chi connectivity index (χ2n) is 13.6. The molecule has 0 saturated heterocycles. The smallest absolute Gasteiger partial charge is 0.416 e. The lowest BCUT2D eigenvalue weighted by Gasteiger charge is -2.28. The van der Waals surface area contributed by atoms with Gasteiger partial charge in [-0.1, -0.05) is 62.4 Å². The molecule has 0 aliphatic carbocycles. The van der Waals surface area contributed by atoms with Crippen LogP contribution >= 0.6 is 0 Å². The molecule has 1 aromatic heterocycles. The molecule has 0 unspecified atom stereocenters. The number of hydrogen-bond donors (Lipinski definition) is 4. The van der Waals surface area contributed by atoms with Crippen molar-refractivity contribution in [3.63, 3.8) is 0 Å². The number of aliphatic carboxylic acids is 2. The average molecular weight is 863 g/mol. The Morgan fingerprint density at radius 1 is 0.754 bits per heavy atom. The third-order valence-electron chi connectivity index (χ3n) is 9.66. The van der Waals surface area contributed by atoms with Crippen molar-refractivity contribution < 1.29 is 65.5 Å². The van der Waals surface area contributed by atoms with E-state index < -0.39 is 77.2 Å². The van der Waals surface area contributed by atoms with Gasteiger partial charge in [0.1, 0.15) is 12.4 Å². The molecule has 0 saturated carbocycles. The summed E-state index contributed by atoms with van der Waals surface area (Å²) in [6, 6.07) is 17.0. The molecule has 0 spiro atoms. The van der Waals surface area contributed by atoms with Gasteiger partial charge >= 0.3 is 18.1 Å². The topological polar surface area (TPSA) is 174 Å². The van der Waals surface area contributed by atoms with Gasteiger partial charge in [0.2, 0.25) is 5.91 Å². The molecule has 4 N–H and O–H groups in total. The monoisotopic (exact) mass is 862 g/mol. The van der Waals surface area contributed by atoms with Crippen LogP contribution in [0.5, 0.6) is 0 Å². The largest absolute Gasteiger partial charge is 0.479 e. The summed E-state index contributed by atoms with van der Waals surface area (Å²) in [6.45, 7) is 5.89. The van der Waals surface area contributed by atoms with E-state index in [2.05, 4.69) is 9.88 Å². The molecule has 61 heavy (non-hydrogen) atoms. The lowest BCUT2D eigenvalue weighted by molar-refractivity contribution is -0.165. The molecule has 4 aromatic carbocycles. The number of hydrogen-bond acceptors (Lipinski definition) is 8. The molecule has 0 aliphatic heterocycles. The standard InChI is InChI=1S/C38H35F7N4O2.C4H6O6/c1-3-47(4-2)18-19-48(22-24-8-10-25(11-9-24)26-12-15-28(16-13-26)38(43,44)45)35(50)23-49-33-21-32(41)31(40)20-29(33)37(51)46-34(49)17-14-27-6-5-7-30(39)36(27)42;5-1(3(7)8)2(6)4(9)10/h5-13,15-16,20-21H,3-4,14,17-19,22-23H2,1-2H3;1-2,5-6H,(H,7,8)(H,9,10)/t;1-,2-/m.1/s1. The van der Waals surface area contributed by atoms with Gasteiger partial charge in [-0.15, -0.1) is 0 Å². The molecule has 0 aliphatic rings. The minimum absolute atomic E-state index is 0.0000989. The number of likely N-dealkylation sites (N-methyl/N-ethyl adjacent to an activating group) is 1. The number of carboxylic acids is 2. The van der Waals surface area contributed by atoms with Gasteiger partial charge in [0, 0.05) is 32.1 Å². The minimum atomic E-state index is -4.45. The highest BCUT2D eigenvalue weighted by atomic mass is 19.4. The highest BCUT2D eigenvalue weighted by molar-refractivity contribution is 5.83. The van der Waals surface area contributed by atoms with Crippen molar-refractivity contribution in [2.45, 2.75) is 58.2 Å². The fraction of sp³-hybridized carbons (Fsp3) is 0.310. The summed E-state index contributed by atoms with van der Waals surface area (Å²) in [5, 5.41) is 32.3. The molecular formula is C42H41F7N4O8. The number of nitrogens with zero attached hydrogens (tertiary/aromatic N) is 4. The number of aliphatic hydroxyl groups excluding tert-OH is 2. The van der Waals surface area contributed by atoms with Crippen LogP contribution in [0, 0.1) is 23.3 Å². The number of carbonyl (C=O) groups is 3. The number of carbonyl (C=O) groups excluding carboxylic acids is 1. The molecule has 5 rings (SSSR count). The predicted octanol–water partition coefficient (Wildman–Crippen LogP) is 5.67. The number of benzene rings is 4. The van der Waals surface area contributed by atoms with Crippen LogP contribution < -0.4 is 5.56 Å². The van der Waals surface area contributed by atoms with Gasteiger partial charge in [-0.05, 0) is 66.0 Å². The third kappa shape index (κ3) is 12.4. The van der Waals surface area contributed by atoms with E-state index in [0.717, 1.165) is 42.9 Å². The van der Waals surface area contributed by atoms with Crippen LogP contribution in [0.4, 0.5) is 30.7 Å². The molecule has 326 valence electrons. The number of fused-ring (bicyclic) bond motifs is 1. The van der Waals surface area contributed by atoms with E-state index in [1.807, 2.05) is 13.8 Å². The Hall–Kier alpha value is -6.18. The third-order valence-corrected chi connectivity index (χ3v) is 9.66. The first kappa shape index (κ1) is 47.5. The first-order valence-electron chi connectivity index (χ1n) is 18.6. The minimum Gasteiger partial charge on any atom is -0.479 e. The Morgan fingerprint density at radius 3 is 1.85 bits per heavy atom. The number of rotatable bonds is 16. The van der Waals surface area contributed by atoms with Crippen molar-refractivity contribution in [1.29, 1.82) is 0 Å². The summed E-state index contributed by atoms with van der Waals surface area (Å²) >= 11 is 0. The van der Waals surface area contributed by atoms with Gasteiger partial charge in [-0.2, -0.15) is 18.2 Å². The van der Waals surface area contributed by atoms with Crippen LogP contribution in [-0.4, -0.2) is 96.0 Å². The quantitative estimate of drug-likeness (QED) is 0.0906. The molecule has 1 amide bonds. The number of halogens is 7. The Balaban J connectivity index is 0.000000727. The fourth-order valence-electron chi connectivity index (χ4n) is 6.14. The predicted molar refractivity (Wildman–Crippen MR) is 207 cm³/mol. The van der Waals surface area contributed by atoms with Crippen molar-refractivity contribution in [2.75, 3.05) is 26.2 Å². The van der Waals surface area contributed by atoms with Gasteiger partial charge in [0.15, 0.2) is 35.5 Å². The van der Waals surface area contributed by atoms with Crippen LogP contribution in [0.1, 0.15) is 36.4 Å². The molecule has 0 bridgehead atoms. The van der Waals surface area contributed by atoms with Gasteiger partial charge < -0.3 is 34.8 Å². The van der Waals surface area contributed by atoms with Gasteiger partial charge in [0.05, 0.1) is 16.5 Å². The zero-order valence-electron chi connectivity index (χ0n) is 32.7. The normalized spacial score (nSPS) is 12.5. The van der Waals surface area contributed by atoms with Crippen molar-refractivity contribution >= 4 is 28.7 Å². The Kier molecular flexibility index (Phi) is 16.3. The summed E-state index contributed by atoms with van der Waals surface area (Å²) in [7, 11) is 0. The second-order valence-corrected chi connectivity index (χ2v) is 13.6. The first-order valence-corrected chi connectivity index (χ1v) is 18.6. The van der Waals surface area contributed by atoms with Crippen LogP contribution in [-0.2, 0) is 46.5 Å². The number of aliphatic hydroxyl groups is 2. The van der Waals surface area contributed by atoms with Crippen molar-refractivity contribution in [3.05, 3.63) is 135 Å². The summed E-state index contributed by atoms with van der Waals surface area (Å²) in [5.41, 5.74) is 0.275. The van der Waals surface area contributed by atoms with Crippen LogP contribution in [0.15, 0.2) is 83.7 Å². The van der Waals surface area contributed by atoms with Crippen LogP contribution in [0.2, 0.25) is 0 Å². The van der Waals surface area contributed by atoms with E-state index >= 15 is 0 Å². The highest BCUT2D eigenvalue weighted by Gasteiger charge is 2.30. The zero-order valence-corrected chi connectivity index (χ0v) is 32.7. The van der Waals surface area contributed by atoms with Gasteiger partial charge in [-0.3, -0.25) is 9.59 Å². The molecule has 12 nitrogen and oxygen atoms in total. The number of amides is 1. The average Bonchev–Trinajstić information content (AvgIpc) is 3.22. The maximum atomic E-state index is 14.6. The summed E-state index contributed by atoms with van der Waals surface area (Å²) in [6.07, 6.45) is -9.21. The zero-order chi connectivity index (χ0) is 45.2. The Labute approximate surface area is 343 Å². The molecule has 19 heteroatoms. The Bertz CT molecular complexity index is 2370. The van der Waals surface area contributed by atoms with Gasteiger partial charge in [-0.25, -0.2) is 27.2 Å². The molecule has 0 fully saturated rings. The first-order chi connectivity index (χ1) is 28.7. The second kappa shape index (κ2) is 20.9. The molecule has 2 atom stereocenters. The van der Waals surface area contributed by atoms with Crippen LogP contribution in [0.25, 0.3) is 22.0 Å². The number of aryl methyl sites for hydroxylation is 2. The number of aromatic nitrogens is 2. The van der Waals surface area contributed by atoms with E-state index in [1.165, 1.54) is 28.8 Å². The number of carboxylic acid groups (broad SMARTS) is 2. The molecule has 1 heterocycles. The fourth-order valence-corrected chi connectivity index (χ4v) is 6.14.